The zero-order chi connectivity index (χ0) is 16.4. The van der Waals surface area contributed by atoms with Gasteiger partial charge in [0.25, 0.3) is 0 Å². The van der Waals surface area contributed by atoms with Gasteiger partial charge in [0.1, 0.15) is 6.04 Å². The molecule has 1 aromatic rings. The monoisotopic (exact) mass is 313 g/mol. The van der Waals surface area contributed by atoms with Crippen molar-refractivity contribution in [3.63, 3.8) is 0 Å². The first-order chi connectivity index (χ1) is 9.60. The minimum absolute atomic E-state index is 0.169. The van der Waals surface area contributed by atoms with Crippen molar-refractivity contribution in [1.29, 1.82) is 0 Å². The number of rotatable bonds is 6. The Morgan fingerprint density at radius 3 is 2.10 bits per heavy atom. The van der Waals surface area contributed by atoms with E-state index in [1.165, 1.54) is 0 Å². The van der Waals surface area contributed by atoms with Gasteiger partial charge in [-0.05, 0) is 37.8 Å². The molecule has 1 aromatic carbocycles. The lowest BCUT2D eigenvalue weighted by atomic mass is 10.0. The van der Waals surface area contributed by atoms with Gasteiger partial charge >= 0.3 is 5.97 Å². The fraction of sp³-hybridized carbons (Fsp3) is 0.533. The Morgan fingerprint density at radius 2 is 1.71 bits per heavy atom. The Balaban J connectivity index is 3.26. The second kappa shape index (κ2) is 6.58. The van der Waals surface area contributed by atoms with Crippen molar-refractivity contribution in [3.05, 3.63) is 28.8 Å². The summed E-state index contributed by atoms with van der Waals surface area (Å²) in [7, 11) is -3.87. The summed E-state index contributed by atoms with van der Waals surface area (Å²) in [6.07, 6.45) is 0.575. The Kier molecular flexibility index (Phi) is 5.53. The molecule has 2 atom stereocenters. The molecule has 0 aromatic heterocycles. The van der Waals surface area contributed by atoms with Gasteiger partial charge in [-0.1, -0.05) is 38.0 Å². The van der Waals surface area contributed by atoms with E-state index < -0.39 is 22.0 Å². The molecule has 0 spiro atoms. The number of nitrogens with one attached hydrogen (secondary N) is 1. The van der Waals surface area contributed by atoms with Crippen LogP contribution >= 0.6 is 0 Å². The molecule has 1 unspecified atom stereocenters. The summed E-state index contributed by atoms with van der Waals surface area (Å²) in [4.78, 5) is 11.5. The van der Waals surface area contributed by atoms with Crippen LogP contribution in [0.2, 0.25) is 0 Å². The van der Waals surface area contributed by atoms with Crippen molar-refractivity contribution < 1.29 is 18.3 Å². The topological polar surface area (TPSA) is 83.5 Å². The number of aliphatic carboxylic acids is 1. The van der Waals surface area contributed by atoms with Gasteiger partial charge in [-0.3, -0.25) is 4.79 Å². The van der Waals surface area contributed by atoms with Crippen molar-refractivity contribution >= 4 is 16.0 Å². The van der Waals surface area contributed by atoms with Crippen molar-refractivity contribution in [2.45, 2.75) is 52.0 Å². The zero-order valence-corrected chi connectivity index (χ0v) is 13.9. The van der Waals surface area contributed by atoms with Crippen LogP contribution in [0.3, 0.4) is 0 Å². The lowest BCUT2D eigenvalue weighted by molar-refractivity contribution is -0.140. The van der Waals surface area contributed by atoms with Crippen molar-refractivity contribution in [3.8, 4) is 0 Å². The van der Waals surface area contributed by atoms with Gasteiger partial charge in [0.05, 0.1) is 4.90 Å². The molecule has 0 bridgehead atoms. The fourth-order valence-electron chi connectivity index (χ4n) is 2.46. The molecular formula is C15H23NO4S. The number of carbonyl (C=O) groups is 1. The van der Waals surface area contributed by atoms with E-state index in [-0.39, 0.29) is 10.8 Å². The number of benzene rings is 1. The molecule has 5 nitrogen and oxygen atoms in total. The van der Waals surface area contributed by atoms with Gasteiger partial charge < -0.3 is 5.11 Å². The molecule has 2 N–H and O–H groups in total. The number of sulfonamides is 1. The fourth-order valence-corrected chi connectivity index (χ4v) is 4.21. The van der Waals surface area contributed by atoms with Crippen LogP contribution in [-0.2, 0) is 14.8 Å². The number of aryl methyl sites for hydroxylation is 3. The average molecular weight is 313 g/mol. The molecule has 0 saturated carbocycles. The molecule has 0 heterocycles. The van der Waals surface area contributed by atoms with E-state index in [1.54, 1.807) is 32.9 Å². The summed E-state index contributed by atoms with van der Waals surface area (Å²) >= 11 is 0. The largest absolute Gasteiger partial charge is 0.480 e. The van der Waals surface area contributed by atoms with Gasteiger partial charge in [-0.25, -0.2) is 8.42 Å². The highest BCUT2D eigenvalue weighted by Crippen LogP contribution is 2.23. The van der Waals surface area contributed by atoms with E-state index in [0.717, 1.165) is 5.56 Å². The molecular weight excluding hydrogens is 290 g/mol. The van der Waals surface area contributed by atoms with Crippen LogP contribution in [0.4, 0.5) is 0 Å². The summed E-state index contributed by atoms with van der Waals surface area (Å²) < 4.78 is 27.4. The van der Waals surface area contributed by atoms with E-state index >= 15 is 0 Å². The van der Waals surface area contributed by atoms with Crippen LogP contribution in [-0.4, -0.2) is 25.5 Å². The minimum Gasteiger partial charge on any atom is -0.480 e. The van der Waals surface area contributed by atoms with Crippen LogP contribution in [0.1, 0.15) is 37.0 Å². The van der Waals surface area contributed by atoms with Gasteiger partial charge in [-0.2, -0.15) is 4.72 Å². The third-order valence-electron chi connectivity index (χ3n) is 3.63. The number of hydrogen-bond acceptors (Lipinski definition) is 3. The van der Waals surface area contributed by atoms with Crippen molar-refractivity contribution in [1.82, 2.24) is 4.72 Å². The summed E-state index contributed by atoms with van der Waals surface area (Å²) in [6, 6.07) is 2.43. The maximum Gasteiger partial charge on any atom is 0.322 e. The number of carboxylic acid groups (broad SMARTS) is 1. The first-order valence-electron chi connectivity index (χ1n) is 6.93. The molecule has 0 radical (unpaired) electrons. The van der Waals surface area contributed by atoms with E-state index in [0.29, 0.717) is 17.5 Å². The van der Waals surface area contributed by atoms with Crippen molar-refractivity contribution in [2.24, 2.45) is 5.92 Å². The lowest BCUT2D eigenvalue weighted by Crippen LogP contribution is -2.45. The standard InChI is InChI=1S/C15H23NO4S/c1-6-10(3)13(15(17)18)16-21(19,20)14-11(4)7-9(2)8-12(14)5/h7-8,10,13,16H,6H2,1-5H3,(H,17,18)/t10?,13-/m0/s1. The molecule has 0 aliphatic rings. The number of carboxylic acids is 1. The summed E-state index contributed by atoms with van der Waals surface area (Å²) in [5.41, 5.74) is 2.21. The molecule has 118 valence electrons. The highest BCUT2D eigenvalue weighted by molar-refractivity contribution is 7.89. The summed E-state index contributed by atoms with van der Waals surface area (Å²) in [6.45, 7) is 8.87. The maximum absolute atomic E-state index is 12.5. The zero-order valence-electron chi connectivity index (χ0n) is 13.1. The van der Waals surface area contributed by atoms with Crippen LogP contribution in [0.15, 0.2) is 17.0 Å². The maximum atomic E-state index is 12.5. The number of hydrogen-bond donors (Lipinski definition) is 2. The van der Waals surface area contributed by atoms with E-state index in [9.17, 15) is 18.3 Å². The molecule has 0 aliphatic heterocycles. The lowest BCUT2D eigenvalue weighted by Gasteiger charge is -2.21. The summed E-state index contributed by atoms with van der Waals surface area (Å²) in [5.74, 6) is -1.45. The molecule has 6 heteroatoms. The highest BCUT2D eigenvalue weighted by atomic mass is 32.2. The Labute approximate surface area is 126 Å². The Morgan fingerprint density at radius 1 is 1.24 bits per heavy atom. The van der Waals surface area contributed by atoms with E-state index in [1.807, 2.05) is 13.8 Å². The van der Waals surface area contributed by atoms with Crippen LogP contribution < -0.4 is 4.72 Å². The van der Waals surface area contributed by atoms with Crippen LogP contribution in [0.5, 0.6) is 0 Å². The Hall–Kier alpha value is -1.40. The summed E-state index contributed by atoms with van der Waals surface area (Å²) in [5, 5.41) is 9.24. The smallest absolute Gasteiger partial charge is 0.322 e. The molecule has 0 fully saturated rings. The second-order valence-electron chi connectivity index (χ2n) is 5.55. The highest BCUT2D eigenvalue weighted by Gasteiger charge is 2.30. The van der Waals surface area contributed by atoms with Gasteiger partial charge in [0.15, 0.2) is 0 Å². The molecule has 0 aliphatic carbocycles. The molecule has 0 saturated heterocycles. The predicted molar refractivity (Wildman–Crippen MR) is 81.9 cm³/mol. The molecule has 0 amide bonds. The van der Waals surface area contributed by atoms with Crippen LogP contribution in [0.25, 0.3) is 0 Å². The van der Waals surface area contributed by atoms with E-state index in [2.05, 4.69) is 4.72 Å². The van der Waals surface area contributed by atoms with Gasteiger partial charge in [0, 0.05) is 0 Å². The predicted octanol–water partition coefficient (Wildman–Crippen LogP) is 2.39. The quantitative estimate of drug-likeness (QED) is 0.844. The van der Waals surface area contributed by atoms with Gasteiger partial charge in [-0.15, -0.1) is 0 Å². The minimum atomic E-state index is -3.87. The third kappa shape index (κ3) is 4.04. The molecule has 1 rings (SSSR count). The van der Waals surface area contributed by atoms with Crippen LogP contribution in [0, 0.1) is 26.7 Å². The molecule has 21 heavy (non-hydrogen) atoms. The Bertz CT molecular complexity index is 614. The second-order valence-corrected chi connectivity index (χ2v) is 7.20. The average Bonchev–Trinajstić information content (AvgIpc) is 2.33. The first-order valence-corrected chi connectivity index (χ1v) is 8.41. The third-order valence-corrected chi connectivity index (χ3v) is 5.38. The SMILES string of the molecule is CCC(C)[C@H](NS(=O)(=O)c1c(C)cc(C)cc1C)C(=O)O. The van der Waals surface area contributed by atoms with Gasteiger partial charge in [0.2, 0.25) is 10.0 Å². The van der Waals surface area contributed by atoms with Crippen molar-refractivity contribution in [2.75, 3.05) is 0 Å². The first kappa shape index (κ1) is 17.7. The normalized spacial score (nSPS) is 14.7. The van der Waals surface area contributed by atoms with E-state index in [4.69, 9.17) is 0 Å².